The van der Waals surface area contributed by atoms with Crippen molar-refractivity contribution >= 4 is 28.2 Å². The van der Waals surface area contributed by atoms with E-state index in [1.165, 1.54) is 0 Å². The Balaban J connectivity index is 2.86. The predicted molar refractivity (Wildman–Crippen MR) is 70.0 cm³/mol. The zero-order chi connectivity index (χ0) is 11.9. The fourth-order valence-electron chi connectivity index (χ4n) is 1.83. The SMILES string of the molecule is Cc1ccc(Cl)c2nc(C(C)C)cc(N)c12. The number of fused-ring (bicyclic) bond motifs is 1. The van der Waals surface area contributed by atoms with Gasteiger partial charge in [0.2, 0.25) is 0 Å². The molecular formula is C13H15ClN2. The molecule has 1 heterocycles. The van der Waals surface area contributed by atoms with Crippen molar-refractivity contribution < 1.29 is 0 Å². The van der Waals surface area contributed by atoms with E-state index in [4.69, 9.17) is 17.3 Å². The average molecular weight is 235 g/mol. The first kappa shape index (κ1) is 11.2. The minimum Gasteiger partial charge on any atom is -0.398 e. The molecule has 2 nitrogen and oxygen atoms in total. The number of aromatic nitrogens is 1. The van der Waals surface area contributed by atoms with Crippen LogP contribution in [0.4, 0.5) is 5.69 Å². The summed E-state index contributed by atoms with van der Waals surface area (Å²) in [6, 6.07) is 5.78. The topological polar surface area (TPSA) is 38.9 Å². The van der Waals surface area contributed by atoms with Crippen molar-refractivity contribution in [2.75, 3.05) is 5.73 Å². The van der Waals surface area contributed by atoms with Gasteiger partial charge in [0.05, 0.1) is 10.5 Å². The molecule has 0 atom stereocenters. The number of anilines is 1. The molecule has 0 aliphatic heterocycles. The van der Waals surface area contributed by atoms with Crippen LogP contribution in [0.2, 0.25) is 5.02 Å². The lowest BCUT2D eigenvalue weighted by Crippen LogP contribution is -1.99. The Labute approximate surface area is 100 Å². The summed E-state index contributed by atoms with van der Waals surface area (Å²) in [7, 11) is 0. The van der Waals surface area contributed by atoms with Crippen LogP contribution < -0.4 is 5.73 Å². The Bertz CT molecular complexity index is 547. The normalized spacial score (nSPS) is 11.3. The van der Waals surface area contributed by atoms with Crippen LogP contribution in [0.1, 0.15) is 31.0 Å². The second-order valence-electron chi connectivity index (χ2n) is 4.38. The maximum Gasteiger partial charge on any atom is 0.0914 e. The number of nitrogens with zero attached hydrogens (tertiary/aromatic N) is 1. The van der Waals surface area contributed by atoms with Gasteiger partial charge in [-0.2, -0.15) is 0 Å². The van der Waals surface area contributed by atoms with E-state index in [1.807, 2.05) is 25.1 Å². The summed E-state index contributed by atoms with van der Waals surface area (Å²) in [5.41, 5.74) is 9.73. The van der Waals surface area contributed by atoms with Gasteiger partial charge in [-0.05, 0) is 30.5 Å². The van der Waals surface area contributed by atoms with E-state index in [0.29, 0.717) is 10.9 Å². The standard InChI is InChI=1S/C13H15ClN2/c1-7(2)11-6-10(15)12-8(3)4-5-9(14)13(12)16-11/h4-7H,1-3H3,(H2,15,16). The minimum atomic E-state index is 0.350. The molecule has 0 fully saturated rings. The average Bonchev–Trinajstić information content (AvgIpc) is 2.22. The Kier molecular flexibility index (Phi) is 2.76. The van der Waals surface area contributed by atoms with Crippen LogP contribution in [-0.4, -0.2) is 4.98 Å². The molecule has 2 rings (SSSR count). The predicted octanol–water partition coefficient (Wildman–Crippen LogP) is 3.90. The zero-order valence-corrected chi connectivity index (χ0v) is 10.5. The lowest BCUT2D eigenvalue weighted by Gasteiger charge is -2.11. The summed E-state index contributed by atoms with van der Waals surface area (Å²) in [6.07, 6.45) is 0. The van der Waals surface area contributed by atoms with Gasteiger partial charge in [0.25, 0.3) is 0 Å². The highest BCUT2D eigenvalue weighted by molar-refractivity contribution is 6.35. The Morgan fingerprint density at radius 1 is 1.31 bits per heavy atom. The molecule has 0 spiro atoms. The van der Waals surface area contributed by atoms with Crippen molar-refractivity contribution in [2.45, 2.75) is 26.7 Å². The number of pyridine rings is 1. The van der Waals surface area contributed by atoms with E-state index in [2.05, 4.69) is 18.8 Å². The Morgan fingerprint density at radius 3 is 2.62 bits per heavy atom. The first-order valence-corrected chi connectivity index (χ1v) is 5.73. The largest absolute Gasteiger partial charge is 0.398 e. The number of aryl methyl sites for hydroxylation is 1. The first-order valence-electron chi connectivity index (χ1n) is 5.36. The summed E-state index contributed by atoms with van der Waals surface area (Å²) in [5.74, 6) is 0.350. The quantitative estimate of drug-likeness (QED) is 0.813. The van der Waals surface area contributed by atoms with Gasteiger partial charge in [0.15, 0.2) is 0 Å². The number of halogens is 1. The van der Waals surface area contributed by atoms with Crippen LogP contribution in [0.3, 0.4) is 0 Å². The molecule has 3 heteroatoms. The Morgan fingerprint density at radius 2 is 2.00 bits per heavy atom. The number of rotatable bonds is 1. The van der Waals surface area contributed by atoms with Gasteiger partial charge >= 0.3 is 0 Å². The molecule has 1 aromatic carbocycles. The molecule has 0 saturated heterocycles. The molecule has 1 aromatic heterocycles. The van der Waals surface area contributed by atoms with E-state index in [9.17, 15) is 0 Å². The zero-order valence-electron chi connectivity index (χ0n) is 9.71. The maximum atomic E-state index is 6.16. The lowest BCUT2D eigenvalue weighted by atomic mass is 10.0. The van der Waals surface area contributed by atoms with Gasteiger partial charge in [0.1, 0.15) is 0 Å². The van der Waals surface area contributed by atoms with E-state index in [-0.39, 0.29) is 0 Å². The van der Waals surface area contributed by atoms with E-state index in [1.54, 1.807) is 0 Å². The highest BCUT2D eigenvalue weighted by Gasteiger charge is 2.10. The highest BCUT2D eigenvalue weighted by Crippen LogP contribution is 2.31. The third-order valence-corrected chi connectivity index (χ3v) is 3.07. The third kappa shape index (κ3) is 1.74. The van der Waals surface area contributed by atoms with Crippen molar-refractivity contribution in [1.82, 2.24) is 4.98 Å². The number of nitrogen functional groups attached to an aromatic ring is 1. The van der Waals surface area contributed by atoms with Gasteiger partial charge in [-0.25, -0.2) is 0 Å². The van der Waals surface area contributed by atoms with Crippen LogP contribution in [0, 0.1) is 6.92 Å². The summed E-state index contributed by atoms with van der Waals surface area (Å²) < 4.78 is 0. The van der Waals surface area contributed by atoms with E-state index < -0.39 is 0 Å². The van der Waals surface area contributed by atoms with E-state index in [0.717, 1.165) is 27.8 Å². The van der Waals surface area contributed by atoms with Crippen molar-refractivity contribution in [2.24, 2.45) is 0 Å². The molecule has 0 aliphatic rings. The van der Waals surface area contributed by atoms with Crippen molar-refractivity contribution in [1.29, 1.82) is 0 Å². The summed E-state index contributed by atoms with van der Waals surface area (Å²) in [6.45, 7) is 6.21. The Hall–Kier alpha value is -1.28. The molecule has 0 saturated carbocycles. The number of hydrogen-bond acceptors (Lipinski definition) is 2. The van der Waals surface area contributed by atoms with Gasteiger partial charge in [-0.1, -0.05) is 31.5 Å². The van der Waals surface area contributed by atoms with Gasteiger partial charge in [0, 0.05) is 16.8 Å². The third-order valence-electron chi connectivity index (χ3n) is 2.76. The molecule has 2 aromatic rings. The van der Waals surface area contributed by atoms with Crippen LogP contribution >= 0.6 is 11.6 Å². The molecule has 0 aliphatic carbocycles. The van der Waals surface area contributed by atoms with Crippen molar-refractivity contribution in [3.05, 3.63) is 34.5 Å². The first-order chi connectivity index (χ1) is 7.50. The van der Waals surface area contributed by atoms with Gasteiger partial charge < -0.3 is 5.73 Å². The molecule has 0 radical (unpaired) electrons. The maximum absolute atomic E-state index is 6.16. The molecule has 0 bridgehead atoms. The monoisotopic (exact) mass is 234 g/mol. The van der Waals surface area contributed by atoms with Crippen molar-refractivity contribution in [3.8, 4) is 0 Å². The van der Waals surface area contributed by atoms with Crippen LogP contribution in [0.15, 0.2) is 18.2 Å². The summed E-state index contributed by atoms with van der Waals surface area (Å²) in [4.78, 5) is 4.58. The lowest BCUT2D eigenvalue weighted by molar-refractivity contribution is 0.830. The minimum absolute atomic E-state index is 0.350. The molecule has 0 amide bonds. The van der Waals surface area contributed by atoms with Crippen molar-refractivity contribution in [3.63, 3.8) is 0 Å². The van der Waals surface area contributed by atoms with Crippen LogP contribution in [0.5, 0.6) is 0 Å². The smallest absolute Gasteiger partial charge is 0.0914 e. The molecular weight excluding hydrogens is 220 g/mol. The molecule has 16 heavy (non-hydrogen) atoms. The summed E-state index contributed by atoms with van der Waals surface area (Å²) >= 11 is 6.16. The fraction of sp³-hybridized carbons (Fsp3) is 0.308. The number of benzene rings is 1. The number of hydrogen-bond donors (Lipinski definition) is 1. The highest BCUT2D eigenvalue weighted by atomic mass is 35.5. The van der Waals surface area contributed by atoms with Gasteiger partial charge in [-0.15, -0.1) is 0 Å². The second kappa shape index (κ2) is 3.95. The van der Waals surface area contributed by atoms with E-state index >= 15 is 0 Å². The second-order valence-corrected chi connectivity index (χ2v) is 4.79. The molecule has 2 N–H and O–H groups in total. The van der Waals surface area contributed by atoms with Crippen LogP contribution in [-0.2, 0) is 0 Å². The number of nitrogens with two attached hydrogens (primary N) is 1. The fourth-order valence-corrected chi connectivity index (χ4v) is 2.03. The van der Waals surface area contributed by atoms with Gasteiger partial charge in [-0.3, -0.25) is 4.98 Å². The van der Waals surface area contributed by atoms with Crippen LogP contribution in [0.25, 0.3) is 10.9 Å². The molecule has 0 unspecified atom stereocenters. The summed E-state index contributed by atoms with van der Waals surface area (Å²) in [5, 5.41) is 1.63. The molecule has 84 valence electrons.